The highest BCUT2D eigenvalue weighted by molar-refractivity contribution is 5.97. The molecule has 0 saturated carbocycles. The molecule has 0 saturated heterocycles. The average Bonchev–Trinajstić information content (AvgIpc) is 2.47. The molecule has 108 valence electrons. The zero-order valence-corrected chi connectivity index (χ0v) is 12.5. The Hall–Kier alpha value is -1.57. The van der Waals surface area contributed by atoms with Crippen LogP contribution in [0.5, 0.6) is 0 Å². The second-order valence-corrected chi connectivity index (χ2v) is 5.42. The monoisotopic (exact) mass is 272 g/mol. The standard InChI is InChI=1S/C18H24O2/c1-3-5-7-12-15-13-16(19)18(17(4-2)20-15)14-10-8-6-9-11-14/h6,8-11,13,17-18H,3-5,7,12H2,1-2H3/t17-,18-/m0/s1. The Morgan fingerprint density at radius 3 is 2.50 bits per heavy atom. The molecule has 0 N–H and O–H groups in total. The summed E-state index contributed by atoms with van der Waals surface area (Å²) in [6, 6.07) is 9.98. The van der Waals surface area contributed by atoms with E-state index in [0.29, 0.717) is 0 Å². The topological polar surface area (TPSA) is 26.3 Å². The Labute approximate surface area is 121 Å². The van der Waals surface area contributed by atoms with Gasteiger partial charge < -0.3 is 4.74 Å². The number of hydrogen-bond acceptors (Lipinski definition) is 2. The molecule has 0 bridgehead atoms. The summed E-state index contributed by atoms with van der Waals surface area (Å²) in [6.45, 7) is 4.27. The number of carbonyl (C=O) groups excluding carboxylic acids is 1. The van der Waals surface area contributed by atoms with Crippen LogP contribution in [0.4, 0.5) is 0 Å². The number of allylic oxidation sites excluding steroid dienone is 2. The van der Waals surface area contributed by atoms with Crippen LogP contribution in [0.2, 0.25) is 0 Å². The summed E-state index contributed by atoms with van der Waals surface area (Å²) in [5, 5.41) is 0. The number of rotatable bonds is 6. The minimum absolute atomic E-state index is 0.0217. The lowest BCUT2D eigenvalue weighted by Gasteiger charge is -2.31. The third kappa shape index (κ3) is 3.50. The van der Waals surface area contributed by atoms with Crippen molar-refractivity contribution in [2.24, 2.45) is 0 Å². The first-order valence-electron chi connectivity index (χ1n) is 7.72. The van der Waals surface area contributed by atoms with E-state index in [9.17, 15) is 4.79 Å². The molecule has 0 spiro atoms. The predicted octanol–water partition coefficient (Wildman–Crippen LogP) is 4.61. The van der Waals surface area contributed by atoms with Crippen molar-refractivity contribution < 1.29 is 9.53 Å². The fraction of sp³-hybridized carbons (Fsp3) is 0.500. The maximum Gasteiger partial charge on any atom is 0.170 e. The summed E-state index contributed by atoms with van der Waals surface area (Å²) in [7, 11) is 0. The van der Waals surface area contributed by atoms with Crippen molar-refractivity contribution in [3.05, 3.63) is 47.7 Å². The van der Waals surface area contributed by atoms with Crippen molar-refractivity contribution in [3.8, 4) is 0 Å². The first kappa shape index (κ1) is 14.8. The van der Waals surface area contributed by atoms with Crippen LogP contribution >= 0.6 is 0 Å². The number of carbonyl (C=O) groups is 1. The van der Waals surface area contributed by atoms with Gasteiger partial charge in [-0.2, -0.15) is 0 Å². The normalized spacial score (nSPS) is 22.3. The van der Waals surface area contributed by atoms with Gasteiger partial charge in [0.15, 0.2) is 5.78 Å². The van der Waals surface area contributed by atoms with E-state index in [2.05, 4.69) is 13.8 Å². The summed E-state index contributed by atoms with van der Waals surface area (Å²) in [5.74, 6) is 0.930. The lowest BCUT2D eigenvalue weighted by Crippen LogP contribution is -2.31. The molecule has 0 amide bonds. The van der Waals surface area contributed by atoms with Gasteiger partial charge in [-0.3, -0.25) is 4.79 Å². The molecular formula is C18H24O2. The Morgan fingerprint density at radius 1 is 1.10 bits per heavy atom. The van der Waals surface area contributed by atoms with Crippen LogP contribution in [-0.2, 0) is 9.53 Å². The van der Waals surface area contributed by atoms with Gasteiger partial charge in [0.25, 0.3) is 0 Å². The minimum atomic E-state index is -0.142. The van der Waals surface area contributed by atoms with Crippen LogP contribution < -0.4 is 0 Å². The van der Waals surface area contributed by atoms with Crippen LogP contribution in [0.1, 0.15) is 57.4 Å². The summed E-state index contributed by atoms with van der Waals surface area (Å²) in [6.07, 6.45) is 6.92. The van der Waals surface area contributed by atoms with E-state index < -0.39 is 0 Å². The van der Waals surface area contributed by atoms with E-state index in [-0.39, 0.29) is 17.8 Å². The van der Waals surface area contributed by atoms with Crippen molar-refractivity contribution in [2.45, 2.75) is 58.0 Å². The van der Waals surface area contributed by atoms with Gasteiger partial charge in [-0.1, -0.05) is 57.0 Å². The van der Waals surface area contributed by atoms with Crippen molar-refractivity contribution in [3.63, 3.8) is 0 Å². The Bertz CT molecular complexity index is 462. The maximum atomic E-state index is 12.5. The number of ketones is 1. The van der Waals surface area contributed by atoms with Gasteiger partial charge in [-0.25, -0.2) is 0 Å². The molecular weight excluding hydrogens is 248 g/mol. The Kier molecular flexibility index (Phi) is 5.40. The van der Waals surface area contributed by atoms with Gasteiger partial charge in [0.2, 0.25) is 0 Å². The molecule has 1 aromatic carbocycles. The minimum Gasteiger partial charge on any atom is -0.494 e. The summed E-state index contributed by atoms with van der Waals surface area (Å²) >= 11 is 0. The molecule has 0 unspecified atom stereocenters. The van der Waals surface area contributed by atoms with Crippen molar-refractivity contribution in [1.82, 2.24) is 0 Å². The number of benzene rings is 1. The highest BCUT2D eigenvalue weighted by Crippen LogP contribution is 2.32. The van der Waals surface area contributed by atoms with Crippen molar-refractivity contribution in [1.29, 1.82) is 0 Å². The summed E-state index contributed by atoms with van der Waals surface area (Å²) < 4.78 is 6.06. The Balaban J connectivity index is 2.13. The van der Waals surface area contributed by atoms with E-state index in [1.165, 1.54) is 12.8 Å². The van der Waals surface area contributed by atoms with Gasteiger partial charge in [0.05, 0.1) is 11.7 Å². The molecule has 1 heterocycles. The average molecular weight is 272 g/mol. The molecule has 2 rings (SSSR count). The van der Waals surface area contributed by atoms with Crippen molar-refractivity contribution >= 4 is 5.78 Å². The van der Waals surface area contributed by atoms with Crippen LogP contribution in [0, 0.1) is 0 Å². The predicted molar refractivity (Wildman–Crippen MR) is 81.6 cm³/mol. The van der Waals surface area contributed by atoms with E-state index in [0.717, 1.165) is 30.6 Å². The lowest BCUT2D eigenvalue weighted by atomic mass is 9.86. The van der Waals surface area contributed by atoms with E-state index in [1.54, 1.807) is 6.08 Å². The van der Waals surface area contributed by atoms with Crippen LogP contribution in [0.25, 0.3) is 0 Å². The zero-order chi connectivity index (χ0) is 14.4. The zero-order valence-electron chi connectivity index (χ0n) is 12.5. The second-order valence-electron chi connectivity index (χ2n) is 5.42. The van der Waals surface area contributed by atoms with Gasteiger partial charge in [0.1, 0.15) is 6.10 Å². The van der Waals surface area contributed by atoms with Gasteiger partial charge in [-0.05, 0) is 18.4 Å². The fourth-order valence-corrected chi connectivity index (χ4v) is 2.77. The SMILES string of the molecule is CCCCCC1=CC(=O)[C@H](c2ccccc2)[C@H](CC)O1. The van der Waals surface area contributed by atoms with Crippen LogP contribution in [0.3, 0.4) is 0 Å². The molecule has 20 heavy (non-hydrogen) atoms. The van der Waals surface area contributed by atoms with Gasteiger partial charge in [0, 0.05) is 12.5 Å². The van der Waals surface area contributed by atoms with Gasteiger partial charge in [-0.15, -0.1) is 0 Å². The molecule has 2 heteroatoms. The van der Waals surface area contributed by atoms with Crippen molar-refractivity contribution in [2.75, 3.05) is 0 Å². The third-order valence-corrected chi connectivity index (χ3v) is 3.87. The summed E-state index contributed by atoms with van der Waals surface area (Å²) in [4.78, 5) is 12.5. The molecule has 1 aliphatic heterocycles. The molecule has 1 aliphatic rings. The number of hydrogen-bond donors (Lipinski definition) is 0. The second kappa shape index (κ2) is 7.28. The third-order valence-electron chi connectivity index (χ3n) is 3.87. The molecule has 0 aromatic heterocycles. The molecule has 2 nitrogen and oxygen atoms in total. The highest BCUT2D eigenvalue weighted by Gasteiger charge is 2.33. The molecule has 0 fully saturated rings. The maximum absolute atomic E-state index is 12.5. The largest absolute Gasteiger partial charge is 0.494 e. The quantitative estimate of drug-likeness (QED) is 0.707. The first-order chi connectivity index (χ1) is 9.76. The number of ether oxygens (including phenoxy) is 1. The van der Waals surface area contributed by atoms with E-state index >= 15 is 0 Å². The van der Waals surface area contributed by atoms with Crippen LogP contribution in [0.15, 0.2) is 42.2 Å². The number of unbranched alkanes of at least 4 members (excludes halogenated alkanes) is 2. The van der Waals surface area contributed by atoms with Gasteiger partial charge >= 0.3 is 0 Å². The van der Waals surface area contributed by atoms with E-state index in [1.807, 2.05) is 30.3 Å². The molecule has 0 radical (unpaired) electrons. The summed E-state index contributed by atoms with van der Waals surface area (Å²) in [5.41, 5.74) is 1.06. The fourth-order valence-electron chi connectivity index (χ4n) is 2.77. The van der Waals surface area contributed by atoms with Crippen LogP contribution in [-0.4, -0.2) is 11.9 Å². The molecule has 0 aliphatic carbocycles. The lowest BCUT2D eigenvalue weighted by molar-refractivity contribution is -0.121. The Morgan fingerprint density at radius 2 is 1.85 bits per heavy atom. The molecule has 1 aromatic rings. The highest BCUT2D eigenvalue weighted by atomic mass is 16.5. The van der Waals surface area contributed by atoms with E-state index in [4.69, 9.17) is 4.74 Å². The molecule has 2 atom stereocenters. The smallest absolute Gasteiger partial charge is 0.170 e. The first-order valence-corrected chi connectivity index (χ1v) is 7.72.